The van der Waals surface area contributed by atoms with Gasteiger partial charge in [-0.05, 0) is 30.3 Å². The average molecular weight is 264 g/mol. The predicted molar refractivity (Wildman–Crippen MR) is 67.0 cm³/mol. The van der Waals surface area contributed by atoms with Crippen molar-refractivity contribution < 1.29 is 19.4 Å². The van der Waals surface area contributed by atoms with Gasteiger partial charge in [0.25, 0.3) is 0 Å². The van der Waals surface area contributed by atoms with Gasteiger partial charge in [0.1, 0.15) is 0 Å². The third kappa shape index (κ3) is 1.34. The van der Waals surface area contributed by atoms with Gasteiger partial charge in [-0.1, -0.05) is 13.5 Å². The predicted octanol–water partition coefficient (Wildman–Crippen LogP) is 1.63. The number of carbonyl (C=O) groups excluding carboxylic acids is 1. The molecule has 5 fully saturated rings. The summed E-state index contributed by atoms with van der Waals surface area (Å²) in [7, 11) is 0. The summed E-state index contributed by atoms with van der Waals surface area (Å²) in [6.45, 7) is 6.61. The number of carbonyl (C=O) groups is 1. The molecule has 104 valence electrons. The minimum atomic E-state index is -0.685. The van der Waals surface area contributed by atoms with Crippen molar-refractivity contribution in [3.05, 3.63) is 12.2 Å². The lowest BCUT2D eigenvalue weighted by Crippen LogP contribution is -2.57. The fraction of sp³-hybridized carbons (Fsp3) is 0.800. The molecule has 3 aliphatic carbocycles. The highest BCUT2D eigenvalue weighted by atomic mass is 16.7. The Morgan fingerprint density at radius 2 is 2.21 bits per heavy atom. The van der Waals surface area contributed by atoms with Gasteiger partial charge in [0.15, 0.2) is 0 Å². The molecule has 0 aromatic carbocycles. The quantitative estimate of drug-likeness (QED) is 0.533. The molecule has 4 nitrogen and oxygen atoms in total. The first kappa shape index (κ1) is 11.9. The smallest absolute Gasteiger partial charge is 0.311 e. The van der Waals surface area contributed by atoms with Gasteiger partial charge in [-0.3, -0.25) is 4.79 Å². The summed E-state index contributed by atoms with van der Waals surface area (Å²) < 4.78 is 11.5. The number of ether oxygens (including phenoxy) is 2. The van der Waals surface area contributed by atoms with Crippen LogP contribution in [0.1, 0.15) is 32.6 Å². The van der Waals surface area contributed by atoms with E-state index in [2.05, 4.69) is 6.58 Å². The molecule has 0 aromatic heterocycles. The summed E-state index contributed by atoms with van der Waals surface area (Å²) in [5.41, 5.74) is 1.03. The van der Waals surface area contributed by atoms with Gasteiger partial charge < -0.3 is 14.6 Å². The summed E-state index contributed by atoms with van der Waals surface area (Å²) in [6, 6.07) is 0. The van der Waals surface area contributed by atoms with E-state index in [9.17, 15) is 9.90 Å². The molecule has 3 saturated carbocycles. The van der Waals surface area contributed by atoms with Crippen LogP contribution in [0.2, 0.25) is 0 Å². The summed E-state index contributed by atoms with van der Waals surface area (Å²) in [5.74, 6) is -0.0535. The lowest BCUT2D eigenvalue weighted by Gasteiger charge is -2.59. The van der Waals surface area contributed by atoms with Crippen molar-refractivity contribution in [2.24, 2.45) is 23.2 Å². The second-order valence-corrected chi connectivity index (χ2v) is 6.95. The molecule has 2 bridgehead atoms. The summed E-state index contributed by atoms with van der Waals surface area (Å²) in [5, 5.41) is 9.94. The standard InChI is InChI=1S/C15H20O4/c1-8-5-15(19-13(8)17)6-14(7-18-15)10-3-11(14)9(2)12(16)4-10/h8,10-12,16H,2-7H2,1H3/t8-,10?,11?,12?,14?,15-/m0/s1. The van der Waals surface area contributed by atoms with E-state index in [1.165, 1.54) is 0 Å². The van der Waals surface area contributed by atoms with Crippen molar-refractivity contribution in [3.63, 3.8) is 0 Å². The van der Waals surface area contributed by atoms with Crippen LogP contribution in [0.5, 0.6) is 0 Å². The molecule has 5 rings (SSSR count). The van der Waals surface area contributed by atoms with Gasteiger partial charge in [-0.2, -0.15) is 0 Å². The molecule has 2 saturated heterocycles. The maximum atomic E-state index is 11.7. The zero-order valence-electron chi connectivity index (χ0n) is 11.2. The molecule has 2 spiro atoms. The minimum absolute atomic E-state index is 0.0659. The maximum absolute atomic E-state index is 11.7. The van der Waals surface area contributed by atoms with Gasteiger partial charge in [0.2, 0.25) is 5.79 Å². The van der Waals surface area contributed by atoms with Crippen molar-refractivity contribution in [3.8, 4) is 0 Å². The topological polar surface area (TPSA) is 55.8 Å². The van der Waals surface area contributed by atoms with Crippen LogP contribution in [0.4, 0.5) is 0 Å². The lowest BCUT2D eigenvalue weighted by atomic mass is 9.44. The molecule has 0 radical (unpaired) electrons. The molecule has 4 heteroatoms. The van der Waals surface area contributed by atoms with E-state index in [-0.39, 0.29) is 23.4 Å². The molecular weight excluding hydrogens is 244 g/mol. The number of esters is 1. The Morgan fingerprint density at radius 3 is 2.84 bits per heavy atom. The van der Waals surface area contributed by atoms with Gasteiger partial charge in [-0.25, -0.2) is 0 Å². The number of aliphatic hydroxyl groups is 1. The Balaban J connectivity index is 1.60. The molecule has 0 amide bonds. The zero-order chi connectivity index (χ0) is 13.4. The second-order valence-electron chi connectivity index (χ2n) is 6.95. The van der Waals surface area contributed by atoms with E-state index in [1.54, 1.807) is 0 Å². The van der Waals surface area contributed by atoms with Gasteiger partial charge >= 0.3 is 5.97 Å². The third-order valence-corrected chi connectivity index (χ3v) is 5.92. The molecule has 6 atom stereocenters. The van der Waals surface area contributed by atoms with Crippen LogP contribution in [-0.4, -0.2) is 29.6 Å². The van der Waals surface area contributed by atoms with Crippen LogP contribution < -0.4 is 0 Å². The maximum Gasteiger partial charge on any atom is 0.311 e. The largest absolute Gasteiger partial charge is 0.433 e. The first-order valence-electron chi connectivity index (χ1n) is 7.19. The van der Waals surface area contributed by atoms with Crippen molar-refractivity contribution >= 4 is 5.97 Å². The Labute approximate surface area is 112 Å². The monoisotopic (exact) mass is 264 g/mol. The van der Waals surface area contributed by atoms with Crippen LogP contribution in [0.3, 0.4) is 0 Å². The minimum Gasteiger partial charge on any atom is -0.433 e. The van der Waals surface area contributed by atoms with E-state index in [4.69, 9.17) is 9.47 Å². The number of hydrogen-bond acceptors (Lipinski definition) is 4. The molecular formula is C15H20O4. The molecule has 2 aliphatic heterocycles. The normalized spacial score (nSPS) is 55.7. The second kappa shape index (κ2) is 3.41. The lowest BCUT2D eigenvalue weighted by molar-refractivity contribution is -0.192. The van der Waals surface area contributed by atoms with Gasteiger partial charge in [0, 0.05) is 18.3 Å². The van der Waals surface area contributed by atoms with E-state index in [0.717, 1.165) is 24.8 Å². The van der Waals surface area contributed by atoms with Gasteiger partial charge in [0.05, 0.1) is 18.6 Å². The van der Waals surface area contributed by atoms with E-state index < -0.39 is 5.79 Å². The van der Waals surface area contributed by atoms with Crippen LogP contribution >= 0.6 is 0 Å². The van der Waals surface area contributed by atoms with Crippen molar-refractivity contribution in [2.75, 3.05) is 6.61 Å². The van der Waals surface area contributed by atoms with Crippen LogP contribution in [0.25, 0.3) is 0 Å². The summed E-state index contributed by atoms with van der Waals surface area (Å²) in [4.78, 5) is 11.7. The van der Waals surface area contributed by atoms with Crippen molar-refractivity contribution in [1.82, 2.24) is 0 Å². The first-order valence-corrected chi connectivity index (χ1v) is 7.19. The molecule has 0 aromatic rings. The van der Waals surface area contributed by atoms with Crippen LogP contribution in [0.15, 0.2) is 12.2 Å². The number of fused-ring (bicyclic) bond motifs is 2. The Bertz CT molecular complexity index is 473. The summed E-state index contributed by atoms with van der Waals surface area (Å²) >= 11 is 0. The fourth-order valence-electron chi connectivity index (χ4n) is 4.81. The molecule has 4 unspecified atom stereocenters. The van der Waals surface area contributed by atoms with Gasteiger partial charge in [-0.15, -0.1) is 0 Å². The number of aliphatic hydroxyl groups excluding tert-OH is 1. The molecule has 1 N–H and O–H groups in total. The molecule has 19 heavy (non-hydrogen) atoms. The average Bonchev–Trinajstić information content (AvgIpc) is 2.86. The number of hydrogen-bond donors (Lipinski definition) is 1. The van der Waals surface area contributed by atoms with E-state index in [0.29, 0.717) is 24.9 Å². The molecule has 2 heterocycles. The first-order chi connectivity index (χ1) is 8.96. The Morgan fingerprint density at radius 1 is 1.42 bits per heavy atom. The van der Waals surface area contributed by atoms with Crippen LogP contribution in [0, 0.1) is 23.2 Å². The highest BCUT2D eigenvalue weighted by Gasteiger charge is 2.68. The van der Waals surface area contributed by atoms with E-state index in [1.807, 2.05) is 6.92 Å². The SMILES string of the molecule is C=C1C(O)CC2CC1C21CO[C@]2(C[C@H](C)C(=O)O2)C1. The Hall–Kier alpha value is -0.870. The van der Waals surface area contributed by atoms with Crippen molar-refractivity contribution in [1.29, 1.82) is 0 Å². The van der Waals surface area contributed by atoms with E-state index >= 15 is 0 Å². The zero-order valence-corrected chi connectivity index (χ0v) is 11.2. The molecule has 5 aliphatic rings. The highest BCUT2D eigenvalue weighted by Crippen LogP contribution is 2.68. The fourth-order valence-corrected chi connectivity index (χ4v) is 4.81. The summed E-state index contributed by atoms with van der Waals surface area (Å²) in [6.07, 6.45) is 3.01. The highest BCUT2D eigenvalue weighted by molar-refractivity contribution is 5.74. The Kier molecular flexibility index (Phi) is 2.14. The third-order valence-electron chi connectivity index (χ3n) is 5.92. The number of rotatable bonds is 0. The van der Waals surface area contributed by atoms with Crippen LogP contribution in [-0.2, 0) is 14.3 Å². The van der Waals surface area contributed by atoms with Crippen molar-refractivity contribution in [2.45, 2.75) is 44.5 Å².